The summed E-state index contributed by atoms with van der Waals surface area (Å²) in [7, 11) is 1.52. The summed E-state index contributed by atoms with van der Waals surface area (Å²) in [6.07, 6.45) is 2.79. The third-order valence-electron chi connectivity index (χ3n) is 5.40. The molecule has 9 heteroatoms. The number of ether oxygens (including phenoxy) is 3. The van der Waals surface area contributed by atoms with E-state index in [1.165, 1.54) is 12.6 Å². The third-order valence-corrected chi connectivity index (χ3v) is 5.40. The number of imidazole rings is 1. The molecular formula is C22H23N5O4. The SMILES string of the molecule is CNC(=O)Oc1cn2c(n1)CN(Cc1ccc([C@H]3COc4cccnc4O3)cc1)CC2. The van der Waals surface area contributed by atoms with Gasteiger partial charge in [0.15, 0.2) is 11.9 Å². The van der Waals surface area contributed by atoms with E-state index < -0.39 is 6.09 Å². The van der Waals surface area contributed by atoms with Gasteiger partial charge >= 0.3 is 6.09 Å². The Bertz CT molecular complexity index is 1080. The quantitative estimate of drug-likeness (QED) is 0.692. The average Bonchev–Trinajstić information content (AvgIpc) is 3.20. The molecule has 1 amide bonds. The minimum absolute atomic E-state index is 0.169. The minimum atomic E-state index is -0.515. The zero-order chi connectivity index (χ0) is 21.2. The number of aromatic nitrogens is 3. The molecule has 0 saturated heterocycles. The molecule has 2 aliphatic heterocycles. The second kappa shape index (κ2) is 8.27. The highest BCUT2D eigenvalue weighted by Crippen LogP contribution is 2.34. The Morgan fingerprint density at radius 2 is 2.13 bits per heavy atom. The Kier molecular flexibility index (Phi) is 5.17. The van der Waals surface area contributed by atoms with Gasteiger partial charge < -0.3 is 24.1 Å². The number of pyridine rings is 1. The van der Waals surface area contributed by atoms with Crippen LogP contribution in [0.1, 0.15) is 23.1 Å². The molecule has 160 valence electrons. The van der Waals surface area contributed by atoms with Crippen LogP contribution in [0.5, 0.6) is 17.5 Å². The van der Waals surface area contributed by atoms with Gasteiger partial charge in [-0.1, -0.05) is 24.3 Å². The Labute approximate surface area is 179 Å². The molecule has 0 bridgehead atoms. The van der Waals surface area contributed by atoms with Crippen molar-refractivity contribution in [2.45, 2.75) is 25.7 Å². The summed E-state index contributed by atoms with van der Waals surface area (Å²) < 4.78 is 18.9. The lowest BCUT2D eigenvalue weighted by Gasteiger charge is -2.28. The number of nitrogens with one attached hydrogen (secondary N) is 1. The largest absolute Gasteiger partial charge is 0.484 e. The number of nitrogens with zero attached hydrogens (tertiary/aromatic N) is 4. The normalized spacial score (nSPS) is 17.6. The number of carbonyl (C=O) groups excluding carboxylic acids is 1. The number of carbonyl (C=O) groups is 1. The Hall–Kier alpha value is -3.59. The molecule has 2 aliphatic rings. The van der Waals surface area contributed by atoms with Crippen LogP contribution in [-0.4, -0.2) is 45.7 Å². The predicted octanol–water partition coefficient (Wildman–Crippen LogP) is 2.52. The number of amides is 1. The molecular weight excluding hydrogens is 398 g/mol. The number of hydrogen-bond acceptors (Lipinski definition) is 7. The smallest absolute Gasteiger partial charge is 0.413 e. The molecule has 9 nitrogen and oxygen atoms in total. The maximum absolute atomic E-state index is 11.4. The first-order valence-electron chi connectivity index (χ1n) is 10.2. The van der Waals surface area contributed by atoms with Crippen LogP contribution in [0.25, 0.3) is 0 Å². The van der Waals surface area contributed by atoms with Crippen molar-refractivity contribution in [3.05, 3.63) is 65.7 Å². The first-order valence-corrected chi connectivity index (χ1v) is 10.2. The van der Waals surface area contributed by atoms with Crippen LogP contribution in [0.15, 0.2) is 48.8 Å². The van der Waals surface area contributed by atoms with Gasteiger partial charge in [0.2, 0.25) is 5.88 Å². The molecule has 2 aromatic heterocycles. The van der Waals surface area contributed by atoms with Crippen LogP contribution in [-0.2, 0) is 19.6 Å². The first-order chi connectivity index (χ1) is 15.2. The van der Waals surface area contributed by atoms with E-state index >= 15 is 0 Å². The number of hydrogen-bond donors (Lipinski definition) is 1. The zero-order valence-electron chi connectivity index (χ0n) is 17.2. The van der Waals surface area contributed by atoms with E-state index in [1.807, 2.05) is 16.7 Å². The lowest BCUT2D eigenvalue weighted by Crippen LogP contribution is -2.33. The molecule has 0 fully saturated rings. The van der Waals surface area contributed by atoms with Gasteiger partial charge in [0.1, 0.15) is 12.4 Å². The second-order valence-corrected chi connectivity index (χ2v) is 7.50. The van der Waals surface area contributed by atoms with E-state index in [4.69, 9.17) is 14.2 Å². The molecule has 0 unspecified atom stereocenters. The van der Waals surface area contributed by atoms with Crippen molar-refractivity contribution in [2.24, 2.45) is 0 Å². The van der Waals surface area contributed by atoms with Crippen LogP contribution >= 0.6 is 0 Å². The standard InChI is InChI=1S/C22H23N5O4/c1-23-22(28)31-20-13-27-10-9-26(12-19(27)25-20)11-15-4-6-16(7-5-15)18-14-29-17-3-2-8-24-21(17)30-18/h2-8,13,18H,9-12,14H2,1H3,(H,23,28)/t18-/m1/s1. The highest BCUT2D eigenvalue weighted by molar-refractivity contribution is 5.69. The summed E-state index contributed by atoms with van der Waals surface area (Å²) in [5.41, 5.74) is 2.27. The van der Waals surface area contributed by atoms with Gasteiger partial charge in [-0.3, -0.25) is 4.90 Å². The maximum atomic E-state index is 11.4. The summed E-state index contributed by atoms with van der Waals surface area (Å²) in [6.45, 7) is 3.67. The Morgan fingerprint density at radius 3 is 2.97 bits per heavy atom. The summed E-state index contributed by atoms with van der Waals surface area (Å²) in [5, 5.41) is 2.43. The van der Waals surface area contributed by atoms with Crippen LogP contribution in [0.2, 0.25) is 0 Å². The molecule has 1 N–H and O–H groups in total. The van der Waals surface area contributed by atoms with Crippen molar-refractivity contribution < 1.29 is 19.0 Å². The fraction of sp³-hybridized carbons (Fsp3) is 0.318. The zero-order valence-corrected chi connectivity index (χ0v) is 17.2. The summed E-state index contributed by atoms with van der Waals surface area (Å²) >= 11 is 0. The van der Waals surface area contributed by atoms with Gasteiger partial charge in [0.05, 0.1) is 12.7 Å². The molecule has 1 aromatic carbocycles. The summed E-state index contributed by atoms with van der Waals surface area (Å²) in [5.74, 6) is 2.43. The maximum Gasteiger partial charge on any atom is 0.413 e. The van der Waals surface area contributed by atoms with Crippen molar-refractivity contribution in [1.82, 2.24) is 24.8 Å². The topological polar surface area (TPSA) is 90.7 Å². The molecule has 31 heavy (non-hydrogen) atoms. The van der Waals surface area contributed by atoms with Crippen LogP contribution in [0, 0.1) is 0 Å². The fourth-order valence-electron chi connectivity index (χ4n) is 3.78. The number of fused-ring (bicyclic) bond motifs is 2. The molecule has 3 aromatic rings. The predicted molar refractivity (Wildman–Crippen MR) is 111 cm³/mol. The lowest BCUT2D eigenvalue weighted by atomic mass is 10.1. The van der Waals surface area contributed by atoms with E-state index in [1.54, 1.807) is 12.4 Å². The molecule has 0 saturated carbocycles. The van der Waals surface area contributed by atoms with Crippen molar-refractivity contribution >= 4 is 6.09 Å². The van der Waals surface area contributed by atoms with Crippen molar-refractivity contribution in [2.75, 3.05) is 20.2 Å². The van der Waals surface area contributed by atoms with Crippen molar-refractivity contribution in [1.29, 1.82) is 0 Å². The van der Waals surface area contributed by atoms with Crippen LogP contribution in [0.3, 0.4) is 0 Å². The van der Waals surface area contributed by atoms with E-state index in [-0.39, 0.29) is 6.10 Å². The van der Waals surface area contributed by atoms with E-state index in [2.05, 4.69) is 44.5 Å². The monoisotopic (exact) mass is 421 g/mol. The third kappa shape index (κ3) is 4.17. The van der Waals surface area contributed by atoms with Gasteiger partial charge in [-0.2, -0.15) is 4.98 Å². The van der Waals surface area contributed by atoms with E-state index in [0.717, 1.165) is 31.0 Å². The fourth-order valence-corrected chi connectivity index (χ4v) is 3.78. The van der Waals surface area contributed by atoms with E-state index in [9.17, 15) is 4.79 Å². The minimum Gasteiger partial charge on any atom is -0.484 e. The van der Waals surface area contributed by atoms with Gasteiger partial charge in [-0.05, 0) is 23.3 Å². The number of rotatable bonds is 4. The van der Waals surface area contributed by atoms with Crippen LogP contribution < -0.4 is 19.5 Å². The molecule has 0 radical (unpaired) electrons. The number of benzene rings is 1. The Morgan fingerprint density at radius 1 is 1.26 bits per heavy atom. The molecule has 5 rings (SSSR count). The molecule has 0 spiro atoms. The first kappa shape index (κ1) is 19.4. The van der Waals surface area contributed by atoms with Gasteiger partial charge in [-0.15, -0.1) is 0 Å². The van der Waals surface area contributed by atoms with Crippen molar-refractivity contribution in [3.8, 4) is 17.5 Å². The van der Waals surface area contributed by atoms with E-state index in [0.29, 0.717) is 30.7 Å². The van der Waals surface area contributed by atoms with Gasteiger partial charge in [-0.25, -0.2) is 9.78 Å². The Balaban J connectivity index is 1.20. The lowest BCUT2D eigenvalue weighted by molar-refractivity contribution is 0.0850. The summed E-state index contributed by atoms with van der Waals surface area (Å²) in [6, 6.07) is 12.1. The van der Waals surface area contributed by atoms with Crippen molar-refractivity contribution in [3.63, 3.8) is 0 Å². The highest BCUT2D eigenvalue weighted by atomic mass is 16.6. The summed E-state index contributed by atoms with van der Waals surface area (Å²) in [4.78, 5) is 22.4. The average molecular weight is 421 g/mol. The van der Waals surface area contributed by atoms with Gasteiger partial charge in [0.25, 0.3) is 5.88 Å². The molecule has 1 atom stereocenters. The molecule has 4 heterocycles. The highest BCUT2D eigenvalue weighted by Gasteiger charge is 2.24. The van der Waals surface area contributed by atoms with Crippen LogP contribution in [0.4, 0.5) is 4.79 Å². The molecule has 0 aliphatic carbocycles. The van der Waals surface area contributed by atoms with Gasteiger partial charge in [0, 0.05) is 32.9 Å². The second-order valence-electron chi connectivity index (χ2n) is 7.50.